The third-order valence-electron chi connectivity index (χ3n) is 3.58. The number of carbonyl (C=O) groups is 1. The smallest absolute Gasteiger partial charge is 0.265 e. The molecule has 1 aromatic heterocycles. The van der Waals surface area contributed by atoms with Crippen LogP contribution in [-0.2, 0) is 0 Å². The van der Waals surface area contributed by atoms with Crippen molar-refractivity contribution >= 4 is 17.2 Å². The molecule has 0 unspecified atom stereocenters. The maximum atomic E-state index is 13.8. The summed E-state index contributed by atoms with van der Waals surface area (Å²) in [5, 5.41) is 3.79. The minimum atomic E-state index is -0.318. The summed E-state index contributed by atoms with van der Waals surface area (Å²) < 4.78 is 13.8. The van der Waals surface area contributed by atoms with Crippen molar-refractivity contribution in [3.63, 3.8) is 0 Å². The highest BCUT2D eigenvalue weighted by Gasteiger charge is 2.25. The predicted octanol–water partition coefficient (Wildman–Crippen LogP) is 2.38. The second-order valence-electron chi connectivity index (χ2n) is 5.06. The summed E-state index contributed by atoms with van der Waals surface area (Å²) in [6, 6.07) is 6.64. The molecule has 1 saturated heterocycles. The van der Waals surface area contributed by atoms with Gasteiger partial charge in [0, 0.05) is 31.2 Å². The number of rotatable bonds is 2. The average Bonchev–Trinajstić information content (AvgIpc) is 2.97. The van der Waals surface area contributed by atoms with Crippen LogP contribution in [0, 0.1) is 5.82 Å². The van der Waals surface area contributed by atoms with Crippen molar-refractivity contribution in [2.24, 2.45) is 0 Å². The highest BCUT2D eigenvalue weighted by Crippen LogP contribution is 2.28. The first-order valence-corrected chi connectivity index (χ1v) is 7.71. The number of benzene rings is 1. The Hall–Kier alpha value is -1.79. The van der Waals surface area contributed by atoms with Crippen molar-refractivity contribution in [3.8, 4) is 10.6 Å². The molecule has 1 fully saturated rings. The van der Waals surface area contributed by atoms with E-state index in [4.69, 9.17) is 0 Å². The van der Waals surface area contributed by atoms with Crippen LogP contribution >= 0.6 is 11.3 Å². The maximum absolute atomic E-state index is 13.8. The fourth-order valence-electron chi connectivity index (χ4n) is 2.42. The van der Waals surface area contributed by atoms with Gasteiger partial charge in [0.25, 0.3) is 5.91 Å². The topological polar surface area (TPSA) is 45.2 Å². The Morgan fingerprint density at radius 3 is 3.05 bits per heavy atom. The Morgan fingerprint density at radius 1 is 1.48 bits per heavy atom. The van der Waals surface area contributed by atoms with E-state index in [9.17, 15) is 9.18 Å². The molecule has 0 bridgehead atoms. The van der Waals surface area contributed by atoms with E-state index in [0.29, 0.717) is 22.0 Å². The molecule has 1 atom stereocenters. The molecule has 0 radical (unpaired) electrons. The third-order valence-corrected chi connectivity index (χ3v) is 4.60. The monoisotopic (exact) mass is 305 g/mol. The molecule has 21 heavy (non-hydrogen) atoms. The number of hydrogen-bond acceptors (Lipinski definition) is 4. The summed E-state index contributed by atoms with van der Waals surface area (Å²) in [7, 11) is 0. The first-order valence-electron chi connectivity index (χ1n) is 6.89. The number of carbonyl (C=O) groups excluding carboxylic acids is 1. The van der Waals surface area contributed by atoms with Crippen LogP contribution in [0.2, 0.25) is 0 Å². The number of halogens is 1. The number of piperazine rings is 1. The van der Waals surface area contributed by atoms with Gasteiger partial charge in [-0.3, -0.25) is 4.79 Å². The van der Waals surface area contributed by atoms with Crippen LogP contribution in [0.1, 0.15) is 16.6 Å². The van der Waals surface area contributed by atoms with E-state index in [2.05, 4.69) is 10.3 Å². The summed E-state index contributed by atoms with van der Waals surface area (Å²) in [5.74, 6) is -0.342. The van der Waals surface area contributed by atoms with E-state index < -0.39 is 0 Å². The molecule has 2 aromatic rings. The van der Waals surface area contributed by atoms with Crippen molar-refractivity contribution in [1.82, 2.24) is 15.2 Å². The zero-order valence-corrected chi connectivity index (χ0v) is 12.5. The van der Waals surface area contributed by atoms with Gasteiger partial charge in [0.1, 0.15) is 15.7 Å². The van der Waals surface area contributed by atoms with Gasteiger partial charge in [-0.15, -0.1) is 11.3 Å². The van der Waals surface area contributed by atoms with Gasteiger partial charge in [0.2, 0.25) is 0 Å². The van der Waals surface area contributed by atoms with Crippen LogP contribution in [0.4, 0.5) is 4.39 Å². The lowest BCUT2D eigenvalue weighted by Gasteiger charge is -2.33. The molecule has 1 amide bonds. The number of nitrogens with one attached hydrogen (secondary N) is 1. The molecule has 6 heteroatoms. The van der Waals surface area contributed by atoms with Crippen molar-refractivity contribution in [1.29, 1.82) is 0 Å². The summed E-state index contributed by atoms with van der Waals surface area (Å²) in [6.07, 6.45) is 1.55. The average molecular weight is 305 g/mol. The molecular formula is C15H16FN3OS. The highest BCUT2D eigenvalue weighted by molar-refractivity contribution is 7.16. The van der Waals surface area contributed by atoms with Crippen molar-refractivity contribution in [2.75, 3.05) is 19.6 Å². The molecule has 3 rings (SSSR count). The molecule has 2 heterocycles. The Kier molecular flexibility index (Phi) is 3.98. The van der Waals surface area contributed by atoms with Crippen LogP contribution in [0.5, 0.6) is 0 Å². The van der Waals surface area contributed by atoms with Crippen LogP contribution < -0.4 is 5.32 Å². The number of thiazole rings is 1. The van der Waals surface area contributed by atoms with Crippen LogP contribution in [0.15, 0.2) is 30.5 Å². The molecule has 110 valence electrons. The zero-order valence-electron chi connectivity index (χ0n) is 11.7. The van der Waals surface area contributed by atoms with Crippen molar-refractivity contribution < 1.29 is 9.18 Å². The quantitative estimate of drug-likeness (QED) is 0.926. The first kappa shape index (κ1) is 14.2. The summed E-state index contributed by atoms with van der Waals surface area (Å²) >= 11 is 1.24. The molecule has 0 aliphatic carbocycles. The van der Waals surface area contributed by atoms with E-state index >= 15 is 0 Å². The van der Waals surface area contributed by atoms with Gasteiger partial charge in [-0.2, -0.15) is 0 Å². The lowest BCUT2D eigenvalue weighted by atomic mass is 10.2. The predicted molar refractivity (Wildman–Crippen MR) is 80.9 cm³/mol. The van der Waals surface area contributed by atoms with Gasteiger partial charge in [-0.05, 0) is 19.1 Å². The lowest BCUT2D eigenvalue weighted by molar-refractivity contribution is 0.0660. The minimum Gasteiger partial charge on any atom is -0.333 e. The van der Waals surface area contributed by atoms with Gasteiger partial charge in [0.15, 0.2) is 0 Å². The molecule has 0 spiro atoms. The number of hydrogen-bond donors (Lipinski definition) is 1. The normalized spacial score (nSPS) is 18.8. The molecule has 1 aromatic carbocycles. The van der Waals surface area contributed by atoms with Crippen LogP contribution in [0.25, 0.3) is 10.6 Å². The fourth-order valence-corrected chi connectivity index (χ4v) is 3.32. The number of nitrogens with zero attached hydrogens (tertiary/aromatic N) is 2. The summed E-state index contributed by atoms with van der Waals surface area (Å²) in [4.78, 5) is 19.1. The minimum absolute atomic E-state index is 0.0240. The summed E-state index contributed by atoms with van der Waals surface area (Å²) in [5.41, 5.74) is 0.440. The van der Waals surface area contributed by atoms with Crippen molar-refractivity contribution in [2.45, 2.75) is 13.0 Å². The van der Waals surface area contributed by atoms with E-state index in [-0.39, 0.29) is 17.8 Å². The lowest BCUT2D eigenvalue weighted by Crippen LogP contribution is -2.52. The second kappa shape index (κ2) is 5.91. The molecular weight excluding hydrogens is 289 g/mol. The number of aromatic nitrogens is 1. The van der Waals surface area contributed by atoms with Crippen molar-refractivity contribution in [3.05, 3.63) is 41.2 Å². The second-order valence-corrected chi connectivity index (χ2v) is 6.09. The van der Waals surface area contributed by atoms with Gasteiger partial charge < -0.3 is 10.2 Å². The Labute approximate surface area is 126 Å². The van der Waals surface area contributed by atoms with Crippen LogP contribution in [-0.4, -0.2) is 41.5 Å². The molecule has 1 N–H and O–H groups in total. The Balaban J connectivity index is 1.85. The van der Waals surface area contributed by atoms with Crippen LogP contribution in [0.3, 0.4) is 0 Å². The first-order chi connectivity index (χ1) is 10.2. The molecule has 0 saturated carbocycles. The summed E-state index contributed by atoms with van der Waals surface area (Å²) in [6.45, 7) is 4.30. The van der Waals surface area contributed by atoms with Gasteiger partial charge in [0.05, 0.1) is 6.20 Å². The zero-order chi connectivity index (χ0) is 14.8. The SMILES string of the molecule is C[C@@H]1CNCCN1C(=O)c1cnc(-c2ccccc2F)s1. The van der Waals surface area contributed by atoms with E-state index in [1.54, 1.807) is 24.4 Å². The highest BCUT2D eigenvalue weighted by atomic mass is 32.1. The van der Waals surface area contributed by atoms with Gasteiger partial charge >= 0.3 is 0 Å². The Bertz CT molecular complexity index is 658. The van der Waals surface area contributed by atoms with Gasteiger partial charge in [-0.25, -0.2) is 9.37 Å². The number of amides is 1. The van der Waals surface area contributed by atoms with Gasteiger partial charge in [-0.1, -0.05) is 12.1 Å². The largest absolute Gasteiger partial charge is 0.333 e. The molecule has 1 aliphatic heterocycles. The Morgan fingerprint density at radius 2 is 2.29 bits per heavy atom. The van der Waals surface area contributed by atoms with E-state index in [0.717, 1.165) is 13.1 Å². The fraction of sp³-hybridized carbons (Fsp3) is 0.333. The molecule has 1 aliphatic rings. The van der Waals surface area contributed by atoms with E-state index in [1.165, 1.54) is 17.4 Å². The third kappa shape index (κ3) is 2.82. The maximum Gasteiger partial charge on any atom is 0.265 e. The van der Waals surface area contributed by atoms with E-state index in [1.807, 2.05) is 11.8 Å². The molecule has 4 nitrogen and oxygen atoms in total. The standard InChI is InChI=1S/C15H16FN3OS/c1-10-8-17-6-7-19(10)15(20)13-9-18-14(21-13)11-4-2-3-5-12(11)16/h2-5,9-10,17H,6-8H2,1H3/t10-/m1/s1.